The predicted octanol–water partition coefficient (Wildman–Crippen LogP) is 2.98. The molecular weight excluding hydrogens is 298 g/mol. The molecule has 122 valence electrons. The van der Waals surface area contributed by atoms with Crippen molar-refractivity contribution >= 4 is 23.1 Å². The molecule has 0 saturated heterocycles. The van der Waals surface area contributed by atoms with E-state index in [4.69, 9.17) is 9.62 Å². The van der Waals surface area contributed by atoms with Crippen LogP contribution in [0.1, 0.15) is 49.0 Å². The molecule has 23 heavy (non-hydrogen) atoms. The summed E-state index contributed by atoms with van der Waals surface area (Å²) in [6, 6.07) is 5.01. The van der Waals surface area contributed by atoms with E-state index in [-0.39, 0.29) is 5.91 Å². The van der Waals surface area contributed by atoms with Crippen molar-refractivity contribution in [3.8, 4) is 0 Å². The minimum atomic E-state index is -1.19. The van der Waals surface area contributed by atoms with Crippen molar-refractivity contribution in [1.82, 2.24) is 0 Å². The van der Waals surface area contributed by atoms with E-state index in [0.717, 1.165) is 24.0 Å². The summed E-state index contributed by atoms with van der Waals surface area (Å²) in [4.78, 5) is 30.4. The van der Waals surface area contributed by atoms with Crippen molar-refractivity contribution in [2.75, 3.05) is 11.5 Å². The second-order valence-electron chi connectivity index (χ2n) is 5.69. The van der Waals surface area contributed by atoms with Crippen molar-refractivity contribution in [3.63, 3.8) is 0 Å². The van der Waals surface area contributed by atoms with Gasteiger partial charge in [-0.3, -0.25) is 9.69 Å². The molecule has 2 aliphatic rings. The number of benzene rings is 1. The van der Waals surface area contributed by atoms with Gasteiger partial charge in [0, 0.05) is 24.5 Å². The highest BCUT2D eigenvalue weighted by Gasteiger charge is 2.52. The number of hydrogen-bond donors (Lipinski definition) is 1. The van der Waals surface area contributed by atoms with Crippen molar-refractivity contribution in [2.45, 2.75) is 38.8 Å². The van der Waals surface area contributed by atoms with Gasteiger partial charge in [0.1, 0.15) is 0 Å². The van der Waals surface area contributed by atoms with Gasteiger partial charge in [-0.15, -0.1) is 0 Å². The molecule has 3 rings (SSSR count). The molecule has 0 saturated carbocycles. The largest absolute Gasteiger partial charge is 0.462 e. The van der Waals surface area contributed by atoms with Crippen molar-refractivity contribution in [2.24, 2.45) is 0 Å². The monoisotopic (exact) mass is 317 g/mol. The minimum Gasteiger partial charge on any atom is -0.462 e. The van der Waals surface area contributed by atoms with Crippen LogP contribution >= 0.6 is 0 Å². The maximum atomic E-state index is 12.2. The third-order valence-electron chi connectivity index (χ3n) is 4.35. The van der Waals surface area contributed by atoms with Crippen molar-refractivity contribution in [3.05, 3.63) is 35.4 Å². The lowest BCUT2D eigenvalue weighted by Gasteiger charge is -2.37. The number of rotatable bonds is 3. The van der Waals surface area contributed by atoms with Gasteiger partial charge in [0.2, 0.25) is 11.6 Å². The van der Waals surface area contributed by atoms with Crippen LogP contribution in [0.3, 0.4) is 0 Å². The molecule has 1 aliphatic carbocycles. The zero-order valence-corrected chi connectivity index (χ0v) is 13.2. The number of allylic oxidation sites excluding steroid dienone is 1. The van der Waals surface area contributed by atoms with Gasteiger partial charge in [-0.25, -0.2) is 14.9 Å². The highest BCUT2D eigenvalue weighted by Crippen LogP contribution is 2.52. The number of ether oxygens (including phenoxy) is 1. The second-order valence-corrected chi connectivity index (χ2v) is 5.69. The van der Waals surface area contributed by atoms with Crippen LogP contribution in [0.2, 0.25) is 0 Å². The van der Waals surface area contributed by atoms with Gasteiger partial charge in [0.25, 0.3) is 0 Å². The summed E-state index contributed by atoms with van der Waals surface area (Å²) in [6.45, 7) is 3.47. The third-order valence-corrected chi connectivity index (χ3v) is 4.35. The predicted molar refractivity (Wildman–Crippen MR) is 83.8 cm³/mol. The second kappa shape index (κ2) is 5.79. The van der Waals surface area contributed by atoms with E-state index in [9.17, 15) is 14.8 Å². The summed E-state index contributed by atoms with van der Waals surface area (Å²) in [5.74, 6) is -0.641. The summed E-state index contributed by atoms with van der Waals surface area (Å²) >= 11 is 0. The van der Waals surface area contributed by atoms with E-state index in [1.165, 1.54) is 11.8 Å². The molecule has 1 aromatic rings. The molecule has 6 heteroatoms. The Balaban J connectivity index is 2.16. The Morgan fingerprint density at radius 1 is 1.39 bits per heavy atom. The quantitative estimate of drug-likeness (QED) is 0.527. The number of esters is 1. The first-order valence-electron chi connectivity index (χ1n) is 7.70. The molecule has 1 aromatic carbocycles. The summed E-state index contributed by atoms with van der Waals surface area (Å²) in [6.07, 6.45) is 4.08. The van der Waals surface area contributed by atoms with E-state index < -0.39 is 11.7 Å². The lowest BCUT2D eigenvalue weighted by Crippen LogP contribution is -2.51. The highest BCUT2D eigenvalue weighted by atomic mass is 17.1. The Morgan fingerprint density at radius 3 is 2.83 bits per heavy atom. The molecule has 1 aliphatic heterocycles. The average Bonchev–Trinajstić information content (AvgIpc) is 2.85. The Kier molecular flexibility index (Phi) is 3.95. The van der Waals surface area contributed by atoms with Gasteiger partial charge in [0.05, 0.1) is 17.9 Å². The van der Waals surface area contributed by atoms with E-state index >= 15 is 0 Å². The normalized spacial score (nSPS) is 22.2. The molecular formula is C17H19NO5. The minimum absolute atomic E-state index is 0.227. The van der Waals surface area contributed by atoms with Gasteiger partial charge in [-0.1, -0.05) is 6.08 Å². The fourth-order valence-electron chi connectivity index (χ4n) is 3.48. The smallest absolute Gasteiger partial charge is 0.338 e. The maximum Gasteiger partial charge on any atom is 0.338 e. The Labute approximate surface area is 134 Å². The zero-order valence-electron chi connectivity index (χ0n) is 13.2. The van der Waals surface area contributed by atoms with Gasteiger partial charge < -0.3 is 4.74 Å². The number of fused-ring (bicyclic) bond motifs is 3. The average molecular weight is 317 g/mol. The first-order chi connectivity index (χ1) is 11.0. The molecule has 1 atom stereocenters. The van der Waals surface area contributed by atoms with Crippen LogP contribution in [-0.4, -0.2) is 29.5 Å². The molecule has 0 spiro atoms. The highest BCUT2D eigenvalue weighted by molar-refractivity contribution is 6.06. The molecule has 6 nitrogen and oxygen atoms in total. The first-order valence-corrected chi connectivity index (χ1v) is 7.70. The van der Waals surface area contributed by atoms with Crippen LogP contribution in [0.15, 0.2) is 24.3 Å². The molecule has 0 fully saturated rings. The Morgan fingerprint density at radius 2 is 2.17 bits per heavy atom. The lowest BCUT2D eigenvalue weighted by atomic mass is 9.88. The number of amides is 1. The Bertz CT molecular complexity index is 696. The van der Waals surface area contributed by atoms with Crippen LogP contribution in [-0.2, 0) is 14.4 Å². The topological polar surface area (TPSA) is 76.1 Å². The zero-order chi connectivity index (χ0) is 16.6. The standard InChI is InChI=1S/C17H19NO5/c1-3-22-16(20)12-7-8-15-13(10-12)14-6-4-5-9-17(14,23-21)18(15)11(2)19/h6-8,10,21H,3-5,9H2,1-2H3. The van der Waals surface area contributed by atoms with Crippen LogP contribution in [0, 0.1) is 0 Å². The molecule has 1 unspecified atom stereocenters. The van der Waals surface area contributed by atoms with Gasteiger partial charge in [-0.2, -0.15) is 0 Å². The molecule has 1 amide bonds. The number of carbonyl (C=O) groups is 2. The van der Waals surface area contributed by atoms with Crippen LogP contribution in [0.5, 0.6) is 0 Å². The lowest BCUT2D eigenvalue weighted by molar-refractivity contribution is -0.303. The third kappa shape index (κ3) is 2.26. The molecule has 1 heterocycles. The maximum absolute atomic E-state index is 12.2. The van der Waals surface area contributed by atoms with Gasteiger partial charge in [0.15, 0.2) is 0 Å². The fourth-order valence-corrected chi connectivity index (χ4v) is 3.48. The summed E-state index contributed by atoms with van der Waals surface area (Å²) in [5, 5.41) is 9.58. The van der Waals surface area contributed by atoms with E-state index in [1.807, 2.05) is 6.08 Å². The van der Waals surface area contributed by atoms with Crippen molar-refractivity contribution in [1.29, 1.82) is 0 Å². The molecule has 0 radical (unpaired) electrons. The Hall–Kier alpha value is -2.18. The number of nitrogens with zero attached hydrogens (tertiary/aromatic N) is 1. The van der Waals surface area contributed by atoms with Crippen LogP contribution < -0.4 is 4.90 Å². The van der Waals surface area contributed by atoms with Gasteiger partial charge in [-0.05, 0) is 38.0 Å². The van der Waals surface area contributed by atoms with E-state index in [1.54, 1.807) is 25.1 Å². The van der Waals surface area contributed by atoms with Crippen LogP contribution in [0.25, 0.3) is 5.57 Å². The summed E-state index contributed by atoms with van der Waals surface area (Å²) in [5.41, 5.74) is 1.30. The molecule has 0 bridgehead atoms. The number of hydrogen-bond acceptors (Lipinski definition) is 5. The van der Waals surface area contributed by atoms with E-state index in [0.29, 0.717) is 24.3 Å². The summed E-state index contributed by atoms with van der Waals surface area (Å²) in [7, 11) is 0. The van der Waals surface area contributed by atoms with E-state index in [2.05, 4.69) is 0 Å². The first kappa shape index (κ1) is 15.7. The number of anilines is 1. The van der Waals surface area contributed by atoms with Gasteiger partial charge >= 0.3 is 5.97 Å². The molecule has 1 N–H and O–H groups in total. The fraction of sp³-hybridized carbons (Fsp3) is 0.412. The van der Waals surface area contributed by atoms with Crippen molar-refractivity contribution < 1.29 is 24.5 Å². The SMILES string of the molecule is CCOC(=O)c1ccc2c(c1)C1=CCCCC1(OO)N2C(C)=O. The summed E-state index contributed by atoms with van der Waals surface area (Å²) < 4.78 is 5.03. The number of carbonyl (C=O) groups excluding carboxylic acids is 2. The molecule has 0 aromatic heterocycles. The van der Waals surface area contributed by atoms with Crippen LogP contribution in [0.4, 0.5) is 5.69 Å².